The van der Waals surface area contributed by atoms with E-state index in [1.807, 2.05) is 36.4 Å². The number of aryl methyl sites for hydroxylation is 1. The van der Waals surface area contributed by atoms with Crippen LogP contribution in [0.5, 0.6) is 5.75 Å². The number of rotatable bonds is 8. The fourth-order valence-corrected chi connectivity index (χ4v) is 3.05. The molecule has 0 bridgehead atoms. The molecule has 0 spiro atoms. The first-order chi connectivity index (χ1) is 14.1. The summed E-state index contributed by atoms with van der Waals surface area (Å²) >= 11 is 0. The molecule has 0 aliphatic carbocycles. The molecule has 0 radical (unpaired) electrons. The minimum atomic E-state index is -0.482. The number of hydrogen-bond donors (Lipinski definition) is 0. The second-order valence-electron chi connectivity index (χ2n) is 6.54. The van der Waals surface area contributed by atoms with E-state index in [9.17, 15) is 9.59 Å². The summed E-state index contributed by atoms with van der Waals surface area (Å²) in [6.07, 6.45) is 4.28. The molecule has 3 aromatic rings. The van der Waals surface area contributed by atoms with Gasteiger partial charge in [0.15, 0.2) is 5.43 Å². The lowest BCUT2D eigenvalue weighted by atomic mass is 10.0. The molecule has 0 N–H and O–H groups in total. The van der Waals surface area contributed by atoms with Crippen LogP contribution < -0.4 is 10.2 Å². The Morgan fingerprint density at radius 3 is 2.62 bits per heavy atom. The maximum atomic E-state index is 12.6. The predicted molar refractivity (Wildman–Crippen MR) is 113 cm³/mol. The van der Waals surface area contributed by atoms with Crippen LogP contribution in [0.4, 0.5) is 0 Å². The van der Waals surface area contributed by atoms with Gasteiger partial charge in [0, 0.05) is 17.7 Å². The van der Waals surface area contributed by atoms with Crippen molar-refractivity contribution in [2.75, 3.05) is 6.61 Å². The maximum Gasteiger partial charge on any atom is 0.330 e. The first kappa shape index (κ1) is 20.4. The normalized spacial score (nSPS) is 11.1. The first-order valence-corrected chi connectivity index (χ1v) is 9.73. The van der Waals surface area contributed by atoms with Crippen molar-refractivity contribution in [2.45, 2.75) is 33.3 Å². The monoisotopic (exact) mass is 392 g/mol. The molecule has 5 nitrogen and oxygen atoms in total. The van der Waals surface area contributed by atoms with E-state index >= 15 is 0 Å². The van der Waals surface area contributed by atoms with E-state index in [1.54, 1.807) is 13.0 Å². The minimum absolute atomic E-state index is 0.165. The van der Waals surface area contributed by atoms with Gasteiger partial charge >= 0.3 is 5.97 Å². The molecule has 0 unspecified atom stereocenters. The number of hydrogen-bond acceptors (Lipinski definition) is 5. The lowest BCUT2D eigenvalue weighted by Gasteiger charge is -2.13. The van der Waals surface area contributed by atoms with Crippen LogP contribution in [0.25, 0.3) is 17.0 Å². The van der Waals surface area contributed by atoms with Crippen molar-refractivity contribution in [1.29, 1.82) is 0 Å². The van der Waals surface area contributed by atoms with Gasteiger partial charge in [0.1, 0.15) is 23.7 Å². The van der Waals surface area contributed by atoms with Gasteiger partial charge < -0.3 is 13.9 Å². The zero-order valence-corrected chi connectivity index (χ0v) is 16.6. The Morgan fingerprint density at radius 2 is 1.90 bits per heavy atom. The van der Waals surface area contributed by atoms with Crippen LogP contribution in [0, 0.1) is 0 Å². The van der Waals surface area contributed by atoms with Crippen molar-refractivity contribution in [3.63, 3.8) is 0 Å². The standard InChI is InChI=1S/C24H24O5/c1-3-8-20-22(28-16-17-9-6-5-7-10-17)13-12-19-21(25)15-18(29-24(19)20)11-14-23(26)27-4-2/h5-7,9-15H,3-4,8,16H2,1-2H3/b14-11+. The van der Waals surface area contributed by atoms with E-state index in [0.717, 1.165) is 17.5 Å². The molecule has 0 atom stereocenters. The number of benzene rings is 2. The molecule has 3 rings (SSSR count). The van der Waals surface area contributed by atoms with Gasteiger partial charge in [0.2, 0.25) is 0 Å². The summed E-state index contributed by atoms with van der Waals surface area (Å²) in [7, 11) is 0. The Hall–Kier alpha value is -3.34. The summed E-state index contributed by atoms with van der Waals surface area (Å²) < 4.78 is 16.9. The van der Waals surface area contributed by atoms with Gasteiger partial charge in [-0.2, -0.15) is 0 Å². The van der Waals surface area contributed by atoms with Crippen molar-refractivity contribution in [1.82, 2.24) is 0 Å². The number of carbonyl (C=O) groups is 1. The SMILES string of the molecule is CCCc1c(OCc2ccccc2)ccc2c(=O)cc(/C=C/C(=O)OCC)oc12. The van der Waals surface area contributed by atoms with Crippen LogP contribution >= 0.6 is 0 Å². The smallest absolute Gasteiger partial charge is 0.330 e. The van der Waals surface area contributed by atoms with Gasteiger partial charge in [-0.05, 0) is 37.1 Å². The highest BCUT2D eigenvalue weighted by Crippen LogP contribution is 2.29. The van der Waals surface area contributed by atoms with E-state index in [-0.39, 0.29) is 12.0 Å². The third-order valence-electron chi connectivity index (χ3n) is 4.38. The molecule has 0 saturated carbocycles. The Morgan fingerprint density at radius 1 is 1.10 bits per heavy atom. The van der Waals surface area contributed by atoms with E-state index in [4.69, 9.17) is 13.9 Å². The number of ether oxygens (including phenoxy) is 2. The average molecular weight is 392 g/mol. The van der Waals surface area contributed by atoms with Crippen LogP contribution in [0.15, 0.2) is 63.8 Å². The van der Waals surface area contributed by atoms with E-state index < -0.39 is 5.97 Å². The summed E-state index contributed by atoms with van der Waals surface area (Å²) in [4.78, 5) is 24.1. The third-order valence-corrected chi connectivity index (χ3v) is 4.38. The van der Waals surface area contributed by atoms with Crippen molar-refractivity contribution < 1.29 is 18.7 Å². The first-order valence-electron chi connectivity index (χ1n) is 9.73. The van der Waals surface area contributed by atoms with E-state index in [0.29, 0.717) is 35.5 Å². The molecule has 0 amide bonds. The van der Waals surface area contributed by atoms with Crippen molar-refractivity contribution in [2.24, 2.45) is 0 Å². The molecule has 29 heavy (non-hydrogen) atoms. The van der Waals surface area contributed by atoms with E-state index in [2.05, 4.69) is 6.92 Å². The topological polar surface area (TPSA) is 65.7 Å². The van der Waals surface area contributed by atoms with Crippen LogP contribution in [0.1, 0.15) is 37.2 Å². The van der Waals surface area contributed by atoms with Crippen molar-refractivity contribution in [3.05, 3.63) is 81.7 Å². The van der Waals surface area contributed by atoms with Crippen LogP contribution in [-0.4, -0.2) is 12.6 Å². The largest absolute Gasteiger partial charge is 0.488 e. The molecule has 0 aliphatic rings. The molecule has 0 saturated heterocycles. The zero-order chi connectivity index (χ0) is 20.6. The molecule has 2 aromatic carbocycles. The molecular weight excluding hydrogens is 368 g/mol. The molecule has 1 heterocycles. The fraction of sp³-hybridized carbons (Fsp3) is 0.250. The third kappa shape index (κ3) is 5.13. The molecule has 0 fully saturated rings. The highest BCUT2D eigenvalue weighted by molar-refractivity contribution is 5.87. The molecule has 0 aliphatic heterocycles. The van der Waals surface area contributed by atoms with Gasteiger partial charge in [-0.15, -0.1) is 0 Å². The van der Waals surface area contributed by atoms with Gasteiger partial charge in [-0.25, -0.2) is 4.79 Å². The fourth-order valence-electron chi connectivity index (χ4n) is 3.05. The predicted octanol–water partition coefficient (Wildman–Crippen LogP) is 4.90. The Balaban J connectivity index is 1.99. The average Bonchev–Trinajstić information content (AvgIpc) is 2.73. The molecule has 150 valence electrons. The summed E-state index contributed by atoms with van der Waals surface area (Å²) in [5.74, 6) is 0.509. The molecular formula is C24H24O5. The second-order valence-corrected chi connectivity index (χ2v) is 6.54. The minimum Gasteiger partial charge on any atom is -0.488 e. The summed E-state index contributed by atoms with van der Waals surface area (Å²) in [6, 6.07) is 14.8. The van der Waals surface area contributed by atoms with E-state index in [1.165, 1.54) is 18.2 Å². The molecule has 1 aromatic heterocycles. The number of esters is 1. The van der Waals surface area contributed by atoms with Crippen LogP contribution in [0.3, 0.4) is 0 Å². The van der Waals surface area contributed by atoms with Crippen molar-refractivity contribution >= 4 is 23.0 Å². The van der Waals surface area contributed by atoms with Crippen molar-refractivity contribution in [3.8, 4) is 5.75 Å². The maximum absolute atomic E-state index is 12.6. The Bertz CT molecular complexity index is 1060. The second kappa shape index (κ2) is 9.73. The Labute approximate surface area is 169 Å². The summed E-state index contributed by atoms with van der Waals surface area (Å²) in [5.41, 5.74) is 2.24. The highest BCUT2D eigenvalue weighted by atomic mass is 16.5. The van der Waals surface area contributed by atoms with Crippen LogP contribution in [0.2, 0.25) is 0 Å². The van der Waals surface area contributed by atoms with Crippen LogP contribution in [-0.2, 0) is 22.6 Å². The lowest BCUT2D eigenvalue weighted by molar-refractivity contribution is -0.137. The summed E-state index contributed by atoms with van der Waals surface area (Å²) in [5, 5.41) is 0.494. The number of fused-ring (bicyclic) bond motifs is 1. The lowest BCUT2D eigenvalue weighted by Crippen LogP contribution is -2.05. The van der Waals surface area contributed by atoms with Gasteiger partial charge in [0.25, 0.3) is 0 Å². The Kier molecular flexibility index (Phi) is 6.85. The van der Waals surface area contributed by atoms with Gasteiger partial charge in [-0.3, -0.25) is 4.79 Å². The summed E-state index contributed by atoms with van der Waals surface area (Å²) in [6.45, 7) is 4.50. The quantitative estimate of drug-likeness (QED) is 0.403. The number of carbonyl (C=O) groups excluding carboxylic acids is 1. The highest BCUT2D eigenvalue weighted by Gasteiger charge is 2.14. The zero-order valence-electron chi connectivity index (χ0n) is 16.6. The molecule has 5 heteroatoms. The van der Waals surface area contributed by atoms with Gasteiger partial charge in [-0.1, -0.05) is 43.7 Å². The van der Waals surface area contributed by atoms with Gasteiger partial charge in [0.05, 0.1) is 12.0 Å².